The van der Waals surface area contributed by atoms with Crippen molar-refractivity contribution in [1.29, 1.82) is 0 Å². The minimum Gasteiger partial charge on any atom is -0.469 e. The van der Waals surface area contributed by atoms with E-state index in [0.717, 1.165) is 29.8 Å². The highest BCUT2D eigenvalue weighted by Crippen LogP contribution is 2.22. The number of para-hydroxylation sites is 1. The predicted octanol–water partition coefficient (Wildman–Crippen LogP) is 3.99. The maximum Gasteiger partial charge on any atom is 0.309 e. The number of carbonyl (C=O) groups excluding carboxylic acids is 1. The van der Waals surface area contributed by atoms with Crippen molar-refractivity contribution >= 4 is 28.6 Å². The van der Waals surface area contributed by atoms with Gasteiger partial charge in [-0.2, -0.15) is 0 Å². The molecule has 0 radical (unpaired) electrons. The van der Waals surface area contributed by atoms with Crippen molar-refractivity contribution in [1.82, 2.24) is 9.55 Å². The Morgan fingerprint density at radius 1 is 1.15 bits per heavy atom. The highest BCUT2D eigenvalue weighted by Gasteiger charge is 2.13. The van der Waals surface area contributed by atoms with Crippen LogP contribution in [0, 0.1) is 0 Å². The molecule has 0 saturated carbocycles. The quantitative estimate of drug-likeness (QED) is 0.268. The summed E-state index contributed by atoms with van der Waals surface area (Å²) in [5, 5.41) is 1.28. The zero-order chi connectivity index (χ0) is 19.2. The lowest BCUT2D eigenvalue weighted by Crippen LogP contribution is -2.22. The average Bonchev–Trinajstić information content (AvgIpc) is 2.69. The van der Waals surface area contributed by atoms with Gasteiger partial charge in [0.05, 0.1) is 30.1 Å². The lowest BCUT2D eigenvalue weighted by molar-refractivity contribution is -0.139. The summed E-state index contributed by atoms with van der Waals surface area (Å²) in [6.07, 6.45) is 2.36. The lowest BCUT2D eigenvalue weighted by Gasteiger charge is -2.13. The second kappa shape index (κ2) is 8.86. The predicted molar refractivity (Wildman–Crippen MR) is 109 cm³/mol. The van der Waals surface area contributed by atoms with E-state index >= 15 is 0 Å². The summed E-state index contributed by atoms with van der Waals surface area (Å²) in [6, 6.07) is 14.8. The van der Waals surface area contributed by atoms with Crippen LogP contribution in [0.25, 0.3) is 16.6 Å². The van der Waals surface area contributed by atoms with Crippen molar-refractivity contribution < 1.29 is 9.53 Å². The van der Waals surface area contributed by atoms with Gasteiger partial charge in [-0.05, 0) is 36.2 Å². The van der Waals surface area contributed by atoms with Crippen LogP contribution in [0.3, 0.4) is 0 Å². The fourth-order valence-corrected chi connectivity index (χ4v) is 3.84. The molecule has 140 valence electrons. The molecule has 0 N–H and O–H groups in total. The Morgan fingerprint density at radius 2 is 1.89 bits per heavy atom. The number of fused-ring (bicyclic) bond motifs is 1. The summed E-state index contributed by atoms with van der Waals surface area (Å²) in [5.74, 6) is 0.616. The molecule has 0 saturated heterocycles. The number of hydrogen-bond donors (Lipinski definition) is 0. The van der Waals surface area contributed by atoms with Gasteiger partial charge in [-0.15, -0.1) is 0 Å². The third-order valence-corrected chi connectivity index (χ3v) is 5.27. The number of rotatable bonds is 7. The molecule has 0 aliphatic carbocycles. The summed E-state index contributed by atoms with van der Waals surface area (Å²) < 4.78 is 6.36. The van der Waals surface area contributed by atoms with E-state index in [0.29, 0.717) is 16.1 Å². The van der Waals surface area contributed by atoms with Gasteiger partial charge in [0.2, 0.25) is 0 Å². The van der Waals surface area contributed by atoms with Gasteiger partial charge < -0.3 is 4.74 Å². The van der Waals surface area contributed by atoms with Crippen LogP contribution in [0.2, 0.25) is 0 Å². The number of aromatic nitrogens is 2. The van der Waals surface area contributed by atoms with Gasteiger partial charge in [0.1, 0.15) is 0 Å². The molecule has 1 aromatic heterocycles. The first-order valence-corrected chi connectivity index (χ1v) is 9.93. The maximum absolute atomic E-state index is 13.1. The van der Waals surface area contributed by atoms with Crippen LogP contribution in [0.15, 0.2) is 58.5 Å². The topological polar surface area (TPSA) is 61.2 Å². The fraction of sp³-hybridized carbons (Fsp3) is 0.286. The van der Waals surface area contributed by atoms with E-state index in [1.54, 1.807) is 22.4 Å². The third kappa shape index (κ3) is 4.39. The normalized spacial score (nSPS) is 10.9. The Hall–Kier alpha value is -2.60. The van der Waals surface area contributed by atoms with Gasteiger partial charge in [-0.25, -0.2) is 4.98 Å². The third-order valence-electron chi connectivity index (χ3n) is 4.24. The molecule has 0 spiro atoms. The molecular weight excluding hydrogens is 360 g/mol. The van der Waals surface area contributed by atoms with Gasteiger partial charge >= 0.3 is 5.97 Å². The summed E-state index contributed by atoms with van der Waals surface area (Å²) in [4.78, 5) is 29.3. The van der Waals surface area contributed by atoms with Crippen LogP contribution < -0.4 is 5.56 Å². The van der Waals surface area contributed by atoms with Crippen LogP contribution >= 0.6 is 11.8 Å². The molecule has 0 aliphatic rings. The molecule has 3 aromatic rings. The molecule has 6 heteroatoms. The van der Waals surface area contributed by atoms with E-state index in [1.165, 1.54) is 7.11 Å². The number of methoxy groups -OCH3 is 1. The van der Waals surface area contributed by atoms with E-state index in [1.807, 2.05) is 42.5 Å². The smallest absolute Gasteiger partial charge is 0.309 e. The zero-order valence-electron chi connectivity index (χ0n) is 15.5. The van der Waals surface area contributed by atoms with Gasteiger partial charge in [0.25, 0.3) is 5.56 Å². The van der Waals surface area contributed by atoms with Gasteiger partial charge in [0, 0.05) is 5.75 Å². The van der Waals surface area contributed by atoms with E-state index in [2.05, 4.69) is 6.92 Å². The molecule has 0 bridgehead atoms. The average molecular weight is 382 g/mol. The molecule has 0 fully saturated rings. The molecule has 2 aromatic carbocycles. The number of thioether (sulfide) groups is 1. The second-order valence-electron chi connectivity index (χ2n) is 6.17. The summed E-state index contributed by atoms with van der Waals surface area (Å²) in [7, 11) is 1.37. The van der Waals surface area contributed by atoms with Crippen LogP contribution in [-0.2, 0) is 16.0 Å². The Kier molecular flexibility index (Phi) is 6.29. The Labute approximate surface area is 162 Å². The number of esters is 1. The largest absolute Gasteiger partial charge is 0.469 e. The summed E-state index contributed by atoms with van der Waals surface area (Å²) >= 11 is 1.59. The van der Waals surface area contributed by atoms with E-state index in [4.69, 9.17) is 9.72 Å². The molecule has 0 aliphatic heterocycles. The van der Waals surface area contributed by atoms with Crippen LogP contribution in [0.5, 0.6) is 0 Å². The van der Waals surface area contributed by atoms with Gasteiger partial charge in [0.15, 0.2) is 5.16 Å². The minimum absolute atomic E-state index is 0.0830. The fourth-order valence-electron chi connectivity index (χ4n) is 2.75. The molecule has 0 amide bonds. The number of ether oxygens (including phenoxy) is 1. The van der Waals surface area contributed by atoms with Crippen LogP contribution in [0.4, 0.5) is 0 Å². The van der Waals surface area contributed by atoms with Crippen molar-refractivity contribution in [2.24, 2.45) is 0 Å². The van der Waals surface area contributed by atoms with Crippen molar-refractivity contribution in [3.8, 4) is 5.69 Å². The molecule has 5 nitrogen and oxygen atoms in total. The first-order chi connectivity index (χ1) is 13.1. The lowest BCUT2D eigenvalue weighted by atomic mass is 10.1. The van der Waals surface area contributed by atoms with Crippen LogP contribution in [0.1, 0.15) is 25.3 Å². The van der Waals surface area contributed by atoms with Crippen molar-refractivity contribution in [2.75, 3.05) is 12.9 Å². The molecule has 3 rings (SSSR count). The zero-order valence-corrected chi connectivity index (χ0v) is 16.3. The number of carbonyl (C=O) groups is 1. The Balaban J connectivity index is 2.05. The van der Waals surface area contributed by atoms with E-state index in [-0.39, 0.29) is 17.9 Å². The first kappa shape index (κ1) is 19.2. The SMILES string of the molecule is CCCCSc1nc2ccccc2c(=O)n1-c1ccc(CC(=O)OC)cc1. The highest BCUT2D eigenvalue weighted by atomic mass is 32.2. The Bertz CT molecular complexity index is 996. The molecule has 27 heavy (non-hydrogen) atoms. The molecule has 0 unspecified atom stereocenters. The monoisotopic (exact) mass is 382 g/mol. The summed E-state index contributed by atoms with van der Waals surface area (Å²) in [6.45, 7) is 2.14. The minimum atomic E-state index is -0.289. The van der Waals surface area contributed by atoms with E-state index in [9.17, 15) is 9.59 Å². The van der Waals surface area contributed by atoms with Gasteiger partial charge in [-0.1, -0.05) is 49.4 Å². The molecule has 0 atom stereocenters. The standard InChI is InChI=1S/C21H22N2O3S/c1-3-4-13-27-21-22-18-8-6-5-7-17(18)20(25)23(21)16-11-9-15(10-12-16)14-19(24)26-2/h5-12H,3-4,13-14H2,1-2H3. The maximum atomic E-state index is 13.1. The van der Waals surface area contributed by atoms with Crippen molar-refractivity contribution in [3.63, 3.8) is 0 Å². The van der Waals surface area contributed by atoms with E-state index < -0.39 is 0 Å². The van der Waals surface area contributed by atoms with Gasteiger partial charge in [-0.3, -0.25) is 14.2 Å². The number of nitrogens with zero attached hydrogens (tertiary/aromatic N) is 2. The molecular formula is C21H22N2O3S. The highest BCUT2D eigenvalue weighted by molar-refractivity contribution is 7.99. The Morgan fingerprint density at radius 3 is 2.59 bits per heavy atom. The number of unbranched alkanes of at least 4 members (excludes halogenated alkanes) is 1. The number of hydrogen-bond acceptors (Lipinski definition) is 5. The first-order valence-electron chi connectivity index (χ1n) is 8.94. The number of benzene rings is 2. The van der Waals surface area contributed by atoms with Crippen molar-refractivity contribution in [3.05, 3.63) is 64.4 Å². The second-order valence-corrected chi connectivity index (χ2v) is 7.24. The molecule has 1 heterocycles. The van der Waals surface area contributed by atoms with Crippen LogP contribution in [-0.4, -0.2) is 28.4 Å². The summed E-state index contributed by atoms with van der Waals surface area (Å²) in [5.41, 5.74) is 2.21. The van der Waals surface area contributed by atoms with Crippen molar-refractivity contribution in [2.45, 2.75) is 31.3 Å².